The molecule has 1 fully saturated rings. The molecule has 2 aromatic carbocycles. The van der Waals surface area contributed by atoms with Crippen LogP contribution >= 0.6 is 15.9 Å². The molecule has 0 bridgehead atoms. The van der Waals surface area contributed by atoms with Crippen LogP contribution in [0.1, 0.15) is 45.8 Å². The van der Waals surface area contributed by atoms with E-state index in [0.717, 1.165) is 49.1 Å². The van der Waals surface area contributed by atoms with Crippen LogP contribution in [0.25, 0.3) is 10.9 Å². The third kappa shape index (κ3) is 4.72. The summed E-state index contributed by atoms with van der Waals surface area (Å²) in [4.78, 5) is 17.9. The van der Waals surface area contributed by atoms with Gasteiger partial charge in [-0.1, -0.05) is 34.1 Å². The van der Waals surface area contributed by atoms with Crippen molar-refractivity contribution in [2.24, 2.45) is 0 Å². The predicted molar refractivity (Wildman–Crippen MR) is 134 cm³/mol. The van der Waals surface area contributed by atoms with Crippen molar-refractivity contribution in [2.45, 2.75) is 31.8 Å². The van der Waals surface area contributed by atoms with Gasteiger partial charge in [-0.3, -0.25) is 9.88 Å². The zero-order chi connectivity index (χ0) is 22.8. The summed E-state index contributed by atoms with van der Waals surface area (Å²) in [6.45, 7) is 3.60. The molecule has 6 heteroatoms. The van der Waals surface area contributed by atoms with Gasteiger partial charge in [-0.05, 0) is 84.9 Å². The van der Waals surface area contributed by atoms with Crippen LogP contribution in [0.4, 0.5) is 0 Å². The van der Waals surface area contributed by atoms with Crippen LogP contribution in [-0.4, -0.2) is 38.6 Å². The van der Waals surface area contributed by atoms with Crippen LogP contribution in [-0.2, 0) is 13.1 Å². The Hall–Kier alpha value is -2.96. The van der Waals surface area contributed by atoms with E-state index in [2.05, 4.69) is 73.0 Å². The molecule has 0 amide bonds. The van der Waals surface area contributed by atoms with Gasteiger partial charge in [-0.25, -0.2) is 4.79 Å². The molecule has 168 valence electrons. The number of rotatable bonds is 6. The summed E-state index contributed by atoms with van der Waals surface area (Å²) in [6.07, 6.45) is 8.24. The van der Waals surface area contributed by atoms with E-state index in [4.69, 9.17) is 0 Å². The largest absolute Gasteiger partial charge is 0.478 e. The minimum atomic E-state index is -0.884. The summed E-state index contributed by atoms with van der Waals surface area (Å²) >= 11 is 3.59. The number of hydrogen-bond donors (Lipinski definition) is 1. The highest BCUT2D eigenvalue weighted by atomic mass is 79.9. The van der Waals surface area contributed by atoms with Crippen LogP contribution in [0.15, 0.2) is 77.7 Å². The molecule has 0 spiro atoms. The van der Waals surface area contributed by atoms with E-state index >= 15 is 0 Å². The Morgan fingerprint density at radius 3 is 2.55 bits per heavy atom. The average molecular weight is 504 g/mol. The summed E-state index contributed by atoms with van der Waals surface area (Å²) in [5.74, 6) is -0.357. The molecule has 0 atom stereocenters. The monoisotopic (exact) mass is 503 g/mol. The van der Waals surface area contributed by atoms with E-state index in [1.165, 1.54) is 22.0 Å². The normalized spacial score (nSPS) is 15.2. The molecular weight excluding hydrogens is 478 g/mol. The summed E-state index contributed by atoms with van der Waals surface area (Å²) in [5.41, 5.74) is 5.34. The lowest BCUT2D eigenvalue weighted by Gasteiger charge is -2.32. The van der Waals surface area contributed by atoms with Crippen molar-refractivity contribution in [3.05, 3.63) is 99.9 Å². The zero-order valence-electron chi connectivity index (χ0n) is 18.3. The lowest BCUT2D eigenvalue weighted by molar-refractivity contribution is 0.0696. The van der Waals surface area contributed by atoms with Gasteiger partial charge in [0.15, 0.2) is 0 Å². The first kappa shape index (κ1) is 21.9. The number of pyridine rings is 1. The second kappa shape index (κ2) is 9.49. The Balaban J connectivity index is 1.32. The van der Waals surface area contributed by atoms with Crippen LogP contribution in [0.3, 0.4) is 0 Å². The van der Waals surface area contributed by atoms with E-state index in [9.17, 15) is 9.90 Å². The number of nitrogens with zero attached hydrogens (tertiary/aromatic N) is 3. The van der Waals surface area contributed by atoms with Gasteiger partial charge in [0.2, 0.25) is 0 Å². The van der Waals surface area contributed by atoms with Gasteiger partial charge >= 0.3 is 5.97 Å². The number of carboxylic acid groups (broad SMARTS) is 1. The molecule has 0 unspecified atom stereocenters. The van der Waals surface area contributed by atoms with E-state index in [0.29, 0.717) is 11.5 Å². The molecule has 33 heavy (non-hydrogen) atoms. The predicted octanol–water partition coefficient (Wildman–Crippen LogP) is 5.92. The van der Waals surface area contributed by atoms with Crippen molar-refractivity contribution < 1.29 is 9.90 Å². The molecule has 1 aliphatic rings. The van der Waals surface area contributed by atoms with Crippen molar-refractivity contribution in [3.63, 3.8) is 0 Å². The molecule has 1 aliphatic heterocycles. The van der Waals surface area contributed by atoms with Crippen molar-refractivity contribution >= 4 is 32.8 Å². The highest BCUT2D eigenvalue weighted by molar-refractivity contribution is 9.10. The van der Waals surface area contributed by atoms with Crippen LogP contribution in [0.2, 0.25) is 0 Å². The SMILES string of the molecule is O=C(O)c1ccc(Br)c(CN2CCC(c3cn(Cc4ccncc4)c4ccccc34)CC2)c1. The molecule has 2 aromatic heterocycles. The Kier molecular flexibility index (Phi) is 6.29. The fourth-order valence-corrected chi connectivity index (χ4v) is 5.26. The number of aromatic carboxylic acids is 1. The molecule has 4 aromatic rings. The fraction of sp³-hybridized carbons (Fsp3) is 0.259. The number of carbonyl (C=O) groups is 1. The van der Waals surface area contributed by atoms with Gasteiger partial charge in [0.25, 0.3) is 0 Å². The Morgan fingerprint density at radius 1 is 1.03 bits per heavy atom. The number of likely N-dealkylation sites (tertiary alicyclic amines) is 1. The van der Waals surface area contributed by atoms with Crippen molar-refractivity contribution in [3.8, 4) is 0 Å². The molecular formula is C27H26BrN3O2. The third-order valence-corrected chi connectivity index (χ3v) is 7.41. The first-order chi connectivity index (χ1) is 16.1. The lowest BCUT2D eigenvalue weighted by Crippen LogP contribution is -2.32. The zero-order valence-corrected chi connectivity index (χ0v) is 19.9. The Labute approximate surface area is 201 Å². The maximum Gasteiger partial charge on any atom is 0.335 e. The number of para-hydroxylation sites is 1. The number of fused-ring (bicyclic) bond motifs is 1. The number of aromatic nitrogens is 2. The smallest absolute Gasteiger partial charge is 0.335 e. The minimum Gasteiger partial charge on any atom is -0.478 e. The van der Waals surface area contributed by atoms with Crippen molar-refractivity contribution in [1.29, 1.82) is 0 Å². The molecule has 1 saturated heterocycles. The van der Waals surface area contributed by atoms with E-state index in [1.807, 2.05) is 18.5 Å². The van der Waals surface area contributed by atoms with E-state index in [-0.39, 0.29) is 0 Å². The Morgan fingerprint density at radius 2 is 1.79 bits per heavy atom. The summed E-state index contributed by atoms with van der Waals surface area (Å²) < 4.78 is 3.33. The fourth-order valence-electron chi connectivity index (χ4n) is 4.89. The van der Waals surface area contributed by atoms with Crippen LogP contribution in [0, 0.1) is 0 Å². The first-order valence-corrected chi connectivity index (χ1v) is 12.1. The number of hydrogen-bond acceptors (Lipinski definition) is 3. The number of benzene rings is 2. The van der Waals surface area contributed by atoms with Crippen molar-refractivity contribution in [2.75, 3.05) is 13.1 Å². The molecule has 1 N–H and O–H groups in total. The molecule has 5 nitrogen and oxygen atoms in total. The van der Waals surface area contributed by atoms with Gasteiger partial charge in [0.1, 0.15) is 0 Å². The quantitative estimate of drug-likeness (QED) is 0.354. The molecule has 5 rings (SSSR count). The van der Waals surface area contributed by atoms with Crippen LogP contribution in [0.5, 0.6) is 0 Å². The first-order valence-electron chi connectivity index (χ1n) is 11.3. The number of piperidine rings is 1. The highest BCUT2D eigenvalue weighted by Gasteiger charge is 2.24. The second-order valence-electron chi connectivity index (χ2n) is 8.75. The number of carboxylic acids is 1. The van der Waals surface area contributed by atoms with Gasteiger partial charge < -0.3 is 9.67 Å². The topological polar surface area (TPSA) is 58.4 Å². The summed E-state index contributed by atoms with van der Waals surface area (Å²) in [5, 5.41) is 10.7. The summed E-state index contributed by atoms with van der Waals surface area (Å²) in [7, 11) is 0. The van der Waals surface area contributed by atoms with Gasteiger partial charge in [0.05, 0.1) is 5.56 Å². The second-order valence-corrected chi connectivity index (χ2v) is 9.60. The van der Waals surface area contributed by atoms with Gasteiger partial charge in [0, 0.05) is 47.1 Å². The molecule has 3 heterocycles. The maximum absolute atomic E-state index is 11.3. The van der Waals surface area contributed by atoms with E-state index < -0.39 is 5.97 Å². The van der Waals surface area contributed by atoms with Crippen LogP contribution < -0.4 is 0 Å². The number of halogens is 1. The summed E-state index contributed by atoms with van der Waals surface area (Å²) in [6, 6.07) is 18.1. The molecule has 0 saturated carbocycles. The van der Waals surface area contributed by atoms with Gasteiger partial charge in [-0.2, -0.15) is 0 Å². The highest BCUT2D eigenvalue weighted by Crippen LogP contribution is 2.35. The van der Waals surface area contributed by atoms with E-state index in [1.54, 1.807) is 12.1 Å². The minimum absolute atomic E-state index is 0.338. The lowest BCUT2D eigenvalue weighted by atomic mass is 9.89. The third-order valence-electron chi connectivity index (χ3n) is 6.64. The Bertz CT molecular complexity index is 1280. The van der Waals surface area contributed by atoms with Gasteiger partial charge in [-0.15, -0.1) is 0 Å². The van der Waals surface area contributed by atoms with Crippen molar-refractivity contribution in [1.82, 2.24) is 14.5 Å². The standard InChI is InChI=1S/C27H26BrN3O2/c28-25-6-5-21(27(32)33)15-22(25)17-30-13-9-20(10-14-30)24-18-31(16-19-7-11-29-12-8-19)26-4-2-1-3-23(24)26/h1-8,11-12,15,18,20H,9-10,13-14,16-17H2,(H,32,33). The molecule has 0 aliphatic carbocycles. The maximum atomic E-state index is 11.3. The molecule has 0 radical (unpaired) electrons. The average Bonchev–Trinajstić information content (AvgIpc) is 3.20.